The smallest absolute Gasteiger partial charge is 0.254 e. The third-order valence-corrected chi connectivity index (χ3v) is 4.95. The number of hydrogen-bond donors (Lipinski definition) is 0. The number of carbonyl (C=O) groups is 1. The molecule has 0 N–H and O–H groups in total. The summed E-state index contributed by atoms with van der Waals surface area (Å²) < 4.78 is 21.1. The average molecular weight is 380 g/mol. The maximum Gasteiger partial charge on any atom is 0.254 e. The molecular weight excluding hydrogens is 359 g/mol. The fourth-order valence-corrected chi connectivity index (χ4v) is 3.43. The van der Waals surface area contributed by atoms with Crippen molar-refractivity contribution in [1.82, 2.24) is 19.7 Å². The molecule has 28 heavy (non-hydrogen) atoms. The molecule has 7 heteroatoms. The van der Waals surface area contributed by atoms with Crippen LogP contribution in [0, 0.1) is 12.7 Å². The highest BCUT2D eigenvalue weighted by Crippen LogP contribution is 2.25. The highest BCUT2D eigenvalue weighted by Gasteiger charge is 2.27. The van der Waals surface area contributed by atoms with Gasteiger partial charge < -0.3 is 9.64 Å². The zero-order valence-electron chi connectivity index (χ0n) is 15.6. The molecule has 1 atom stereocenters. The van der Waals surface area contributed by atoms with Gasteiger partial charge in [0, 0.05) is 12.1 Å². The minimum atomic E-state index is -0.264. The SMILES string of the molecule is Cc1cc([C@@H]2CN(C(=O)c3ccccc3Cn3cncn3)CCO2)ccc1F. The van der Waals surface area contributed by atoms with Crippen LogP contribution in [0.25, 0.3) is 0 Å². The molecule has 1 aromatic heterocycles. The quantitative estimate of drug-likeness (QED) is 0.698. The number of ether oxygens (including phenoxy) is 1. The van der Waals surface area contributed by atoms with E-state index in [1.54, 1.807) is 35.0 Å². The first-order valence-corrected chi connectivity index (χ1v) is 9.19. The van der Waals surface area contributed by atoms with E-state index in [-0.39, 0.29) is 17.8 Å². The molecular formula is C21H21FN4O2. The van der Waals surface area contributed by atoms with Crippen LogP contribution < -0.4 is 0 Å². The molecule has 6 nitrogen and oxygen atoms in total. The summed E-state index contributed by atoms with van der Waals surface area (Å²) in [6.07, 6.45) is 2.84. The molecule has 1 aliphatic heterocycles. The van der Waals surface area contributed by atoms with Gasteiger partial charge in [-0.15, -0.1) is 0 Å². The molecule has 0 aliphatic carbocycles. The van der Waals surface area contributed by atoms with Crippen LogP contribution >= 0.6 is 0 Å². The number of nitrogens with zero attached hydrogens (tertiary/aromatic N) is 4. The zero-order chi connectivity index (χ0) is 19.5. The van der Waals surface area contributed by atoms with Crippen LogP contribution in [-0.2, 0) is 11.3 Å². The number of halogens is 1. The molecule has 1 fully saturated rings. The van der Waals surface area contributed by atoms with Crippen LogP contribution in [0.2, 0.25) is 0 Å². The second kappa shape index (κ2) is 7.90. The van der Waals surface area contributed by atoms with E-state index in [1.165, 1.54) is 12.4 Å². The van der Waals surface area contributed by atoms with Crippen molar-refractivity contribution in [1.29, 1.82) is 0 Å². The van der Waals surface area contributed by atoms with Crippen molar-refractivity contribution >= 4 is 5.91 Å². The third-order valence-electron chi connectivity index (χ3n) is 4.95. The van der Waals surface area contributed by atoms with Gasteiger partial charge in [0.05, 0.1) is 19.7 Å². The van der Waals surface area contributed by atoms with Gasteiger partial charge in [0.1, 0.15) is 24.6 Å². The summed E-state index contributed by atoms with van der Waals surface area (Å²) in [6, 6.07) is 12.5. The van der Waals surface area contributed by atoms with Gasteiger partial charge in [-0.2, -0.15) is 5.10 Å². The second-order valence-electron chi connectivity index (χ2n) is 6.87. The van der Waals surface area contributed by atoms with E-state index in [0.29, 0.717) is 37.4 Å². The third kappa shape index (κ3) is 3.80. The molecule has 4 rings (SSSR count). The Morgan fingerprint density at radius 3 is 2.93 bits per heavy atom. The van der Waals surface area contributed by atoms with Gasteiger partial charge in [-0.05, 0) is 35.7 Å². The zero-order valence-corrected chi connectivity index (χ0v) is 15.6. The standard InChI is InChI=1S/C21H21FN4O2/c1-15-10-16(6-7-19(15)22)20-12-25(8-9-28-20)21(27)18-5-3-2-4-17(18)11-26-14-23-13-24-26/h2-7,10,13-14,20H,8-9,11-12H2,1H3/t20-/m0/s1. The van der Waals surface area contributed by atoms with E-state index in [2.05, 4.69) is 10.1 Å². The van der Waals surface area contributed by atoms with Crippen LogP contribution in [-0.4, -0.2) is 45.3 Å². The van der Waals surface area contributed by atoms with Crippen LogP contribution in [0.4, 0.5) is 4.39 Å². The van der Waals surface area contributed by atoms with Crippen molar-refractivity contribution in [2.75, 3.05) is 19.7 Å². The maximum atomic E-state index is 13.6. The van der Waals surface area contributed by atoms with Crippen molar-refractivity contribution in [2.24, 2.45) is 0 Å². The normalized spacial score (nSPS) is 16.9. The first-order chi connectivity index (χ1) is 13.6. The van der Waals surface area contributed by atoms with Crippen molar-refractivity contribution < 1.29 is 13.9 Å². The van der Waals surface area contributed by atoms with E-state index in [0.717, 1.165) is 11.1 Å². The summed E-state index contributed by atoms with van der Waals surface area (Å²) in [5, 5.41) is 4.12. The fraction of sp³-hybridized carbons (Fsp3) is 0.286. The number of carbonyl (C=O) groups excluding carboxylic acids is 1. The number of morpholine rings is 1. The number of benzene rings is 2. The Morgan fingerprint density at radius 1 is 1.29 bits per heavy atom. The summed E-state index contributed by atoms with van der Waals surface area (Å²) in [5.74, 6) is -0.280. The van der Waals surface area contributed by atoms with Gasteiger partial charge in [-0.1, -0.05) is 30.3 Å². The van der Waals surface area contributed by atoms with Crippen LogP contribution in [0.5, 0.6) is 0 Å². The van der Waals surface area contributed by atoms with Gasteiger partial charge in [-0.25, -0.2) is 14.1 Å². The highest BCUT2D eigenvalue weighted by molar-refractivity contribution is 5.95. The van der Waals surface area contributed by atoms with Gasteiger partial charge in [0.25, 0.3) is 5.91 Å². The van der Waals surface area contributed by atoms with E-state index >= 15 is 0 Å². The molecule has 1 saturated heterocycles. The van der Waals surface area contributed by atoms with Crippen molar-refractivity contribution in [3.05, 3.63) is 83.2 Å². The summed E-state index contributed by atoms with van der Waals surface area (Å²) >= 11 is 0. The predicted molar refractivity (Wildman–Crippen MR) is 101 cm³/mol. The average Bonchev–Trinajstić information content (AvgIpc) is 3.23. The number of amides is 1. The fourth-order valence-electron chi connectivity index (χ4n) is 3.43. The van der Waals surface area contributed by atoms with E-state index in [9.17, 15) is 9.18 Å². The van der Waals surface area contributed by atoms with Gasteiger partial charge in [0.15, 0.2) is 0 Å². The summed E-state index contributed by atoms with van der Waals surface area (Å²) in [7, 11) is 0. The lowest BCUT2D eigenvalue weighted by Crippen LogP contribution is -2.42. The Bertz CT molecular complexity index is 974. The largest absolute Gasteiger partial charge is 0.370 e. The molecule has 0 radical (unpaired) electrons. The van der Waals surface area contributed by atoms with Gasteiger partial charge >= 0.3 is 0 Å². The van der Waals surface area contributed by atoms with Gasteiger partial charge in [0.2, 0.25) is 0 Å². The van der Waals surface area contributed by atoms with E-state index in [4.69, 9.17) is 4.74 Å². The van der Waals surface area contributed by atoms with Crippen LogP contribution in [0.1, 0.15) is 33.2 Å². The molecule has 144 valence electrons. The second-order valence-corrected chi connectivity index (χ2v) is 6.87. The summed E-state index contributed by atoms with van der Waals surface area (Å²) in [5.41, 5.74) is 2.99. The Balaban J connectivity index is 1.54. The minimum absolute atomic E-state index is 0.0390. The molecule has 1 amide bonds. The molecule has 1 aliphatic rings. The van der Waals surface area contributed by atoms with Crippen LogP contribution in [0.15, 0.2) is 55.1 Å². The Hall–Kier alpha value is -3.06. The summed E-state index contributed by atoms with van der Waals surface area (Å²) in [4.78, 5) is 19.0. The number of hydrogen-bond acceptors (Lipinski definition) is 4. The highest BCUT2D eigenvalue weighted by atomic mass is 19.1. The lowest BCUT2D eigenvalue weighted by atomic mass is 10.0. The molecule has 2 heterocycles. The monoisotopic (exact) mass is 380 g/mol. The maximum absolute atomic E-state index is 13.6. The Morgan fingerprint density at radius 2 is 2.14 bits per heavy atom. The van der Waals surface area contributed by atoms with Crippen molar-refractivity contribution in [3.63, 3.8) is 0 Å². The van der Waals surface area contributed by atoms with Gasteiger partial charge in [-0.3, -0.25) is 4.79 Å². The molecule has 0 unspecified atom stereocenters. The molecule has 3 aromatic rings. The van der Waals surface area contributed by atoms with Crippen LogP contribution in [0.3, 0.4) is 0 Å². The topological polar surface area (TPSA) is 60.2 Å². The molecule has 0 spiro atoms. The molecule has 0 bridgehead atoms. The molecule has 2 aromatic carbocycles. The molecule has 0 saturated carbocycles. The predicted octanol–water partition coefficient (Wildman–Crippen LogP) is 2.99. The minimum Gasteiger partial charge on any atom is -0.370 e. The van der Waals surface area contributed by atoms with E-state index in [1.807, 2.05) is 24.3 Å². The lowest BCUT2D eigenvalue weighted by molar-refractivity contribution is -0.0229. The lowest BCUT2D eigenvalue weighted by Gasteiger charge is -2.33. The number of aromatic nitrogens is 3. The van der Waals surface area contributed by atoms with Crippen molar-refractivity contribution in [3.8, 4) is 0 Å². The van der Waals surface area contributed by atoms with E-state index < -0.39 is 0 Å². The Kier molecular flexibility index (Phi) is 5.16. The number of aryl methyl sites for hydroxylation is 1. The number of rotatable bonds is 4. The Labute approximate surface area is 162 Å². The first-order valence-electron chi connectivity index (χ1n) is 9.19. The first kappa shape index (κ1) is 18.3. The summed E-state index contributed by atoms with van der Waals surface area (Å²) in [6.45, 7) is 3.60. The van der Waals surface area contributed by atoms with Crippen molar-refractivity contribution in [2.45, 2.75) is 19.6 Å².